The second-order valence-corrected chi connectivity index (χ2v) is 4.47. The summed E-state index contributed by atoms with van der Waals surface area (Å²) >= 11 is 0. The molecule has 1 aromatic heterocycles. The predicted molar refractivity (Wildman–Crippen MR) is 69.4 cm³/mol. The van der Waals surface area contributed by atoms with Crippen LogP contribution in [0, 0.1) is 0 Å². The van der Waals surface area contributed by atoms with Crippen LogP contribution >= 0.6 is 0 Å². The molecule has 0 amide bonds. The maximum absolute atomic E-state index is 9.08. The molecule has 5 heteroatoms. The van der Waals surface area contributed by atoms with Crippen molar-refractivity contribution in [2.24, 2.45) is 0 Å². The van der Waals surface area contributed by atoms with Crippen molar-refractivity contribution in [2.45, 2.75) is 25.6 Å². The summed E-state index contributed by atoms with van der Waals surface area (Å²) in [4.78, 5) is 3.97. The molecule has 0 saturated carbocycles. The molecule has 0 saturated heterocycles. The molecule has 1 heterocycles. The summed E-state index contributed by atoms with van der Waals surface area (Å²) in [5.41, 5.74) is 1.14. The number of hydrogen-bond donors (Lipinski definition) is 2. The molecule has 0 bridgehead atoms. The van der Waals surface area contributed by atoms with Crippen molar-refractivity contribution in [3.8, 4) is 5.88 Å². The standard InChI is InChI=1S/C13H14BNO3/c1-8(2)9-4-3-5-11-10(9)6-7-15-12(11)18-13(14,16)17/h3-8,16-17H,1-2H3. The molecule has 0 fully saturated rings. The molecule has 0 unspecified atom stereocenters. The first-order chi connectivity index (χ1) is 8.38. The van der Waals surface area contributed by atoms with Crippen molar-refractivity contribution < 1.29 is 14.9 Å². The average Bonchev–Trinajstić information content (AvgIpc) is 2.26. The monoisotopic (exact) mass is 243 g/mol. The number of benzene rings is 1. The van der Waals surface area contributed by atoms with Crippen LogP contribution in [0.1, 0.15) is 25.3 Å². The van der Waals surface area contributed by atoms with E-state index < -0.39 is 5.87 Å². The number of pyridine rings is 1. The van der Waals surface area contributed by atoms with Gasteiger partial charge in [0.1, 0.15) is 0 Å². The molecule has 2 rings (SSSR count). The van der Waals surface area contributed by atoms with Crippen molar-refractivity contribution >= 4 is 18.6 Å². The third-order valence-electron chi connectivity index (χ3n) is 2.67. The van der Waals surface area contributed by atoms with Crippen LogP contribution in [0.5, 0.6) is 5.88 Å². The van der Waals surface area contributed by atoms with Crippen molar-refractivity contribution in [3.63, 3.8) is 0 Å². The van der Waals surface area contributed by atoms with Gasteiger partial charge in [0.15, 0.2) is 0 Å². The van der Waals surface area contributed by atoms with E-state index in [1.54, 1.807) is 12.3 Å². The quantitative estimate of drug-likeness (QED) is 0.633. The zero-order chi connectivity index (χ0) is 13.3. The number of fused-ring (bicyclic) bond motifs is 1. The summed E-state index contributed by atoms with van der Waals surface area (Å²) in [5.74, 6) is -2.29. The Bertz CT molecular complexity index is 564. The summed E-state index contributed by atoms with van der Waals surface area (Å²) in [6.07, 6.45) is 1.55. The van der Waals surface area contributed by atoms with Gasteiger partial charge in [-0.2, -0.15) is 0 Å². The maximum Gasteiger partial charge on any atom is 0.261 e. The molecule has 0 atom stereocenters. The van der Waals surface area contributed by atoms with Crippen LogP contribution in [0.15, 0.2) is 30.5 Å². The van der Waals surface area contributed by atoms with Gasteiger partial charge >= 0.3 is 0 Å². The molecular formula is C13H14BNO3. The average molecular weight is 243 g/mol. The van der Waals surface area contributed by atoms with Gasteiger partial charge < -0.3 is 14.9 Å². The lowest BCUT2D eigenvalue weighted by Crippen LogP contribution is -2.36. The first-order valence-electron chi connectivity index (χ1n) is 5.69. The molecule has 18 heavy (non-hydrogen) atoms. The van der Waals surface area contributed by atoms with Crippen LogP contribution in [0.25, 0.3) is 10.8 Å². The highest BCUT2D eigenvalue weighted by atomic mass is 16.8. The smallest absolute Gasteiger partial charge is 0.261 e. The van der Waals surface area contributed by atoms with Gasteiger partial charge in [-0.3, -0.25) is 0 Å². The molecule has 0 aliphatic heterocycles. The van der Waals surface area contributed by atoms with Crippen LogP contribution < -0.4 is 4.74 Å². The third-order valence-corrected chi connectivity index (χ3v) is 2.67. The Balaban J connectivity index is 2.60. The third kappa shape index (κ3) is 2.63. The van der Waals surface area contributed by atoms with Crippen LogP contribution in [0.3, 0.4) is 0 Å². The first kappa shape index (κ1) is 12.9. The number of aliphatic hydroxyl groups is 2. The summed E-state index contributed by atoms with van der Waals surface area (Å²) in [5, 5.41) is 19.8. The van der Waals surface area contributed by atoms with Crippen molar-refractivity contribution in [1.82, 2.24) is 4.98 Å². The van der Waals surface area contributed by atoms with Crippen molar-refractivity contribution in [3.05, 3.63) is 36.0 Å². The molecule has 1 aromatic carbocycles. The minimum Gasteiger partial charge on any atom is -0.431 e. The van der Waals surface area contributed by atoms with Crippen LogP contribution in [-0.2, 0) is 0 Å². The number of hydrogen-bond acceptors (Lipinski definition) is 4. The molecule has 4 nitrogen and oxygen atoms in total. The van der Waals surface area contributed by atoms with Gasteiger partial charge in [0.25, 0.3) is 5.87 Å². The fourth-order valence-electron chi connectivity index (χ4n) is 1.93. The lowest BCUT2D eigenvalue weighted by molar-refractivity contribution is -0.224. The minimum absolute atomic E-state index is 0.0995. The zero-order valence-electron chi connectivity index (χ0n) is 10.3. The highest BCUT2D eigenvalue weighted by Crippen LogP contribution is 2.30. The van der Waals surface area contributed by atoms with Crippen molar-refractivity contribution in [1.29, 1.82) is 0 Å². The molecule has 92 valence electrons. The van der Waals surface area contributed by atoms with E-state index in [1.165, 1.54) is 0 Å². The fourth-order valence-corrected chi connectivity index (χ4v) is 1.93. The Hall–Kier alpha value is -1.59. The number of aromatic nitrogens is 1. The maximum atomic E-state index is 9.08. The van der Waals surface area contributed by atoms with Gasteiger partial charge in [-0.25, -0.2) is 4.98 Å². The Kier molecular flexibility index (Phi) is 3.28. The van der Waals surface area contributed by atoms with E-state index >= 15 is 0 Å². The van der Waals surface area contributed by atoms with Gasteiger partial charge in [0, 0.05) is 11.6 Å². The van der Waals surface area contributed by atoms with Gasteiger partial charge in [-0.1, -0.05) is 26.0 Å². The Morgan fingerprint density at radius 3 is 2.56 bits per heavy atom. The first-order valence-corrected chi connectivity index (χ1v) is 5.69. The Morgan fingerprint density at radius 2 is 1.94 bits per heavy atom. The number of nitrogens with zero attached hydrogens (tertiary/aromatic N) is 1. The molecule has 2 aromatic rings. The lowest BCUT2D eigenvalue weighted by atomic mass is 9.97. The molecule has 0 aliphatic rings. The number of ether oxygens (including phenoxy) is 1. The second-order valence-electron chi connectivity index (χ2n) is 4.47. The Morgan fingerprint density at radius 1 is 1.22 bits per heavy atom. The van der Waals surface area contributed by atoms with E-state index in [4.69, 9.17) is 22.8 Å². The largest absolute Gasteiger partial charge is 0.431 e. The molecule has 2 N–H and O–H groups in total. The summed E-state index contributed by atoms with van der Waals surface area (Å²) < 4.78 is 4.83. The highest BCUT2D eigenvalue weighted by molar-refractivity contribution is 6.12. The van der Waals surface area contributed by atoms with Crippen molar-refractivity contribution in [2.75, 3.05) is 0 Å². The van der Waals surface area contributed by atoms with Crippen LogP contribution in [0.4, 0.5) is 0 Å². The lowest BCUT2D eigenvalue weighted by Gasteiger charge is -2.19. The van der Waals surface area contributed by atoms with E-state index in [0.717, 1.165) is 10.9 Å². The van der Waals surface area contributed by atoms with E-state index in [1.807, 2.05) is 18.2 Å². The zero-order valence-corrected chi connectivity index (χ0v) is 10.3. The van der Waals surface area contributed by atoms with Gasteiger partial charge in [-0.05, 0) is 29.0 Å². The second kappa shape index (κ2) is 4.59. The molecular weight excluding hydrogens is 229 g/mol. The van der Waals surface area contributed by atoms with Crippen LogP contribution in [-0.4, -0.2) is 28.9 Å². The summed E-state index contributed by atoms with van der Waals surface area (Å²) in [6, 6.07) is 7.56. The van der Waals surface area contributed by atoms with E-state index in [9.17, 15) is 0 Å². The highest BCUT2D eigenvalue weighted by Gasteiger charge is 2.19. The fraction of sp³-hybridized carbons (Fsp3) is 0.308. The molecule has 2 radical (unpaired) electrons. The van der Waals surface area contributed by atoms with Gasteiger partial charge in [0.2, 0.25) is 13.7 Å². The van der Waals surface area contributed by atoms with Gasteiger partial charge in [-0.15, -0.1) is 0 Å². The van der Waals surface area contributed by atoms with E-state index in [2.05, 4.69) is 18.8 Å². The SMILES string of the molecule is [B]C(O)(O)Oc1nccc2c(C(C)C)cccc12. The number of rotatable bonds is 3. The summed E-state index contributed by atoms with van der Waals surface area (Å²) in [7, 11) is 5.01. The van der Waals surface area contributed by atoms with Gasteiger partial charge in [0.05, 0.1) is 0 Å². The van der Waals surface area contributed by atoms with E-state index in [0.29, 0.717) is 11.3 Å². The minimum atomic E-state index is -2.73. The molecule has 0 aliphatic carbocycles. The summed E-state index contributed by atoms with van der Waals surface area (Å²) in [6.45, 7) is 4.17. The van der Waals surface area contributed by atoms with E-state index in [-0.39, 0.29) is 5.88 Å². The topological polar surface area (TPSA) is 62.6 Å². The van der Waals surface area contributed by atoms with Crippen LogP contribution in [0.2, 0.25) is 0 Å². The predicted octanol–water partition coefficient (Wildman–Crippen LogP) is 1.50. The normalized spacial score (nSPS) is 12.1. The Labute approximate surface area is 107 Å². The molecule has 0 spiro atoms.